The lowest BCUT2D eigenvalue weighted by atomic mass is 9.78. The average Bonchev–Trinajstić information content (AvgIpc) is 2.54. The minimum Gasteiger partial charge on any atom is -0.387 e. The van der Waals surface area contributed by atoms with Gasteiger partial charge in [-0.1, -0.05) is 29.8 Å². The molecule has 1 unspecified atom stereocenters. The van der Waals surface area contributed by atoms with Crippen molar-refractivity contribution in [3.05, 3.63) is 35.4 Å². The molecule has 1 fully saturated rings. The fourth-order valence-electron chi connectivity index (χ4n) is 2.90. The van der Waals surface area contributed by atoms with E-state index in [1.54, 1.807) is 7.11 Å². The molecule has 0 aromatic heterocycles. The molecule has 1 aliphatic rings. The lowest BCUT2D eigenvalue weighted by Crippen LogP contribution is -2.50. The van der Waals surface area contributed by atoms with Crippen LogP contribution in [0.3, 0.4) is 0 Å². The summed E-state index contributed by atoms with van der Waals surface area (Å²) in [6, 6.07) is 7.70. The normalized spacial score (nSPS) is 17.9. The molecule has 1 amide bonds. The van der Waals surface area contributed by atoms with Crippen LogP contribution in [0.15, 0.2) is 24.3 Å². The predicted octanol–water partition coefficient (Wildman–Crippen LogP) is 1.58. The molecular formula is C17H27ClN2O3. The van der Waals surface area contributed by atoms with Crippen LogP contribution in [-0.2, 0) is 9.53 Å². The summed E-state index contributed by atoms with van der Waals surface area (Å²) in [4.78, 5) is 12.6. The summed E-state index contributed by atoms with van der Waals surface area (Å²) in [5, 5.41) is 16.4. The Balaban J connectivity index is 0.00000264. The summed E-state index contributed by atoms with van der Waals surface area (Å²) in [6.45, 7) is 4.28. The molecule has 2 rings (SSSR count). The Labute approximate surface area is 144 Å². The van der Waals surface area contributed by atoms with E-state index in [0.29, 0.717) is 6.61 Å². The van der Waals surface area contributed by atoms with Crippen LogP contribution in [0.25, 0.3) is 0 Å². The number of aryl methyl sites for hydroxylation is 1. The third-order valence-electron chi connectivity index (χ3n) is 4.38. The number of hydrogen-bond acceptors (Lipinski definition) is 4. The third kappa shape index (κ3) is 5.18. The van der Waals surface area contributed by atoms with E-state index in [4.69, 9.17) is 4.74 Å². The van der Waals surface area contributed by atoms with E-state index in [0.717, 1.165) is 37.1 Å². The van der Waals surface area contributed by atoms with Gasteiger partial charge in [0.1, 0.15) is 0 Å². The molecule has 1 heterocycles. The number of ether oxygens (including phenoxy) is 1. The lowest BCUT2D eigenvalue weighted by Gasteiger charge is -2.35. The van der Waals surface area contributed by atoms with Gasteiger partial charge in [-0.2, -0.15) is 0 Å². The summed E-state index contributed by atoms with van der Waals surface area (Å²) < 4.78 is 5.26. The standard InChI is InChI=1S/C17H26N2O3.ClH/c1-13-3-5-14(6-4-13)15(20)11-19-16(21)17(12-22-2)7-9-18-10-8-17;/h3-6,15,18,20H,7-12H2,1-2H3,(H,19,21);1H. The zero-order chi connectivity index (χ0) is 16.0. The maximum atomic E-state index is 12.6. The Kier molecular flexibility index (Phi) is 7.99. The van der Waals surface area contributed by atoms with E-state index < -0.39 is 11.5 Å². The number of nitrogens with one attached hydrogen (secondary N) is 2. The Hall–Kier alpha value is -1.14. The zero-order valence-corrected chi connectivity index (χ0v) is 14.6. The van der Waals surface area contributed by atoms with Crippen molar-refractivity contribution >= 4 is 18.3 Å². The molecule has 5 nitrogen and oxygen atoms in total. The number of benzene rings is 1. The van der Waals surface area contributed by atoms with Gasteiger partial charge in [-0.15, -0.1) is 12.4 Å². The van der Waals surface area contributed by atoms with Crippen LogP contribution >= 0.6 is 12.4 Å². The first-order valence-corrected chi connectivity index (χ1v) is 7.80. The Morgan fingerprint density at radius 3 is 2.52 bits per heavy atom. The first-order valence-electron chi connectivity index (χ1n) is 7.80. The van der Waals surface area contributed by atoms with Crippen molar-refractivity contribution in [3.8, 4) is 0 Å². The number of hydrogen-bond donors (Lipinski definition) is 3. The van der Waals surface area contributed by atoms with E-state index in [-0.39, 0.29) is 24.9 Å². The van der Waals surface area contributed by atoms with E-state index >= 15 is 0 Å². The highest BCUT2D eigenvalue weighted by atomic mass is 35.5. The monoisotopic (exact) mass is 342 g/mol. The highest BCUT2D eigenvalue weighted by Crippen LogP contribution is 2.29. The van der Waals surface area contributed by atoms with Crippen LogP contribution in [0.5, 0.6) is 0 Å². The number of amides is 1. The van der Waals surface area contributed by atoms with Gasteiger partial charge in [0.15, 0.2) is 0 Å². The van der Waals surface area contributed by atoms with Gasteiger partial charge >= 0.3 is 0 Å². The first-order chi connectivity index (χ1) is 10.6. The Morgan fingerprint density at radius 2 is 1.96 bits per heavy atom. The van der Waals surface area contributed by atoms with Crippen LogP contribution in [0.4, 0.5) is 0 Å². The summed E-state index contributed by atoms with van der Waals surface area (Å²) in [6.07, 6.45) is 0.825. The Morgan fingerprint density at radius 1 is 1.35 bits per heavy atom. The van der Waals surface area contributed by atoms with Crippen LogP contribution in [-0.4, -0.2) is 44.4 Å². The van der Waals surface area contributed by atoms with Crippen molar-refractivity contribution in [3.63, 3.8) is 0 Å². The number of carbonyl (C=O) groups is 1. The molecule has 0 aliphatic carbocycles. The minimum absolute atomic E-state index is 0. The molecule has 0 radical (unpaired) electrons. The van der Waals surface area contributed by atoms with Crippen molar-refractivity contribution in [2.24, 2.45) is 5.41 Å². The van der Waals surface area contributed by atoms with Crippen LogP contribution in [0, 0.1) is 12.3 Å². The van der Waals surface area contributed by atoms with Gasteiger partial charge in [-0.05, 0) is 38.4 Å². The molecule has 1 atom stereocenters. The van der Waals surface area contributed by atoms with Crippen molar-refractivity contribution < 1.29 is 14.6 Å². The summed E-state index contributed by atoms with van der Waals surface area (Å²) in [7, 11) is 1.62. The number of aliphatic hydroxyl groups excluding tert-OH is 1. The second-order valence-corrected chi connectivity index (χ2v) is 6.10. The van der Waals surface area contributed by atoms with Crippen molar-refractivity contribution in [2.75, 3.05) is 33.4 Å². The molecule has 1 aromatic rings. The molecule has 0 bridgehead atoms. The first kappa shape index (κ1) is 19.9. The van der Waals surface area contributed by atoms with Gasteiger partial charge in [0.05, 0.1) is 18.1 Å². The van der Waals surface area contributed by atoms with Gasteiger partial charge in [0.25, 0.3) is 0 Å². The predicted molar refractivity (Wildman–Crippen MR) is 92.8 cm³/mol. The average molecular weight is 343 g/mol. The molecule has 23 heavy (non-hydrogen) atoms. The van der Waals surface area contributed by atoms with Crippen molar-refractivity contribution in [1.82, 2.24) is 10.6 Å². The number of piperidine rings is 1. The molecular weight excluding hydrogens is 316 g/mol. The number of halogens is 1. The second kappa shape index (κ2) is 9.23. The lowest BCUT2D eigenvalue weighted by molar-refractivity contribution is -0.136. The van der Waals surface area contributed by atoms with Crippen molar-refractivity contribution in [2.45, 2.75) is 25.9 Å². The Bertz CT molecular complexity index is 482. The van der Waals surface area contributed by atoms with Gasteiger partial charge in [-0.3, -0.25) is 4.79 Å². The molecule has 130 valence electrons. The summed E-state index contributed by atoms with van der Waals surface area (Å²) >= 11 is 0. The smallest absolute Gasteiger partial charge is 0.228 e. The highest BCUT2D eigenvalue weighted by molar-refractivity contribution is 5.85. The van der Waals surface area contributed by atoms with Gasteiger partial charge in [0.2, 0.25) is 5.91 Å². The van der Waals surface area contributed by atoms with E-state index in [1.807, 2.05) is 31.2 Å². The fourth-order valence-corrected chi connectivity index (χ4v) is 2.90. The SMILES string of the molecule is COCC1(C(=O)NCC(O)c2ccc(C)cc2)CCNCC1.Cl. The highest BCUT2D eigenvalue weighted by Gasteiger charge is 2.39. The molecule has 1 aliphatic heterocycles. The van der Waals surface area contributed by atoms with Gasteiger partial charge in [0, 0.05) is 13.7 Å². The largest absolute Gasteiger partial charge is 0.387 e. The molecule has 6 heteroatoms. The van der Waals surface area contributed by atoms with Crippen LogP contribution in [0.1, 0.15) is 30.1 Å². The van der Waals surface area contributed by atoms with Gasteiger partial charge < -0.3 is 20.5 Å². The molecule has 3 N–H and O–H groups in total. The zero-order valence-electron chi connectivity index (χ0n) is 13.8. The van der Waals surface area contributed by atoms with Crippen LogP contribution < -0.4 is 10.6 Å². The molecule has 1 aromatic carbocycles. The van der Waals surface area contributed by atoms with Crippen molar-refractivity contribution in [1.29, 1.82) is 0 Å². The summed E-state index contributed by atoms with van der Waals surface area (Å²) in [5.74, 6) is -0.0259. The maximum Gasteiger partial charge on any atom is 0.228 e. The molecule has 0 spiro atoms. The number of rotatable bonds is 6. The molecule has 0 saturated carbocycles. The van der Waals surface area contributed by atoms with Crippen LogP contribution in [0.2, 0.25) is 0 Å². The molecule has 1 saturated heterocycles. The topological polar surface area (TPSA) is 70.6 Å². The third-order valence-corrected chi connectivity index (χ3v) is 4.38. The quantitative estimate of drug-likeness (QED) is 0.734. The number of aliphatic hydroxyl groups is 1. The fraction of sp³-hybridized carbons (Fsp3) is 0.588. The van der Waals surface area contributed by atoms with Gasteiger partial charge in [-0.25, -0.2) is 0 Å². The van der Waals surface area contributed by atoms with E-state index in [1.165, 1.54) is 0 Å². The second-order valence-electron chi connectivity index (χ2n) is 6.10. The maximum absolute atomic E-state index is 12.6. The number of carbonyl (C=O) groups excluding carboxylic acids is 1. The number of methoxy groups -OCH3 is 1. The minimum atomic E-state index is -0.689. The van der Waals surface area contributed by atoms with E-state index in [2.05, 4.69) is 10.6 Å². The van der Waals surface area contributed by atoms with E-state index in [9.17, 15) is 9.90 Å². The summed E-state index contributed by atoms with van der Waals surface area (Å²) in [5.41, 5.74) is 1.48.